The number of aliphatic hydroxyl groups is 1. The fourth-order valence-corrected chi connectivity index (χ4v) is 1.25. The zero-order valence-electron chi connectivity index (χ0n) is 9.17. The zero-order valence-corrected chi connectivity index (χ0v) is 9.92. The van der Waals surface area contributed by atoms with Crippen molar-refractivity contribution in [3.63, 3.8) is 0 Å². The molecule has 2 N–H and O–H groups in total. The lowest BCUT2D eigenvalue weighted by atomic mass is 10.4. The average molecular weight is 286 g/mol. The van der Waals surface area contributed by atoms with Crippen molar-refractivity contribution in [3.8, 4) is 0 Å². The lowest BCUT2D eigenvalue weighted by molar-refractivity contribution is -0.141. The van der Waals surface area contributed by atoms with Gasteiger partial charge in [-0.05, 0) is 11.6 Å². The van der Waals surface area contributed by atoms with E-state index < -0.39 is 17.2 Å². The van der Waals surface area contributed by atoms with E-state index in [1.807, 2.05) is 0 Å². The summed E-state index contributed by atoms with van der Waals surface area (Å²) in [6.45, 7) is 0.520. The highest BCUT2D eigenvalue weighted by Gasteiger charge is 2.33. The number of rotatable bonds is 6. The van der Waals surface area contributed by atoms with Crippen LogP contribution in [-0.2, 0) is 10.9 Å². The molecule has 18 heavy (non-hydrogen) atoms. The van der Waals surface area contributed by atoms with E-state index >= 15 is 0 Å². The first-order valence-electron chi connectivity index (χ1n) is 4.97. The molecule has 9 heteroatoms. The van der Waals surface area contributed by atoms with Crippen LogP contribution in [0.25, 0.3) is 0 Å². The molecule has 1 aromatic heterocycles. The third-order valence-corrected chi connectivity index (χ3v) is 1.95. The van der Waals surface area contributed by atoms with Gasteiger partial charge in [0.15, 0.2) is 5.69 Å². The number of ether oxygens (including phenoxy) is 1. The van der Waals surface area contributed by atoms with Gasteiger partial charge in [0.05, 0.1) is 19.8 Å². The van der Waals surface area contributed by atoms with Crippen LogP contribution in [0.4, 0.5) is 19.0 Å². The van der Waals surface area contributed by atoms with Gasteiger partial charge in [0.1, 0.15) is 5.82 Å². The minimum Gasteiger partial charge on any atom is -0.394 e. The van der Waals surface area contributed by atoms with Crippen LogP contribution in [-0.4, -0.2) is 41.4 Å². The molecule has 0 fully saturated rings. The highest BCUT2D eigenvalue weighted by atomic mass is 35.5. The second-order valence-corrected chi connectivity index (χ2v) is 3.51. The van der Waals surface area contributed by atoms with Gasteiger partial charge in [-0.15, -0.1) is 0 Å². The summed E-state index contributed by atoms with van der Waals surface area (Å²) in [5, 5.41) is 10.6. The molecular formula is C9H11ClF3N3O2. The Bertz CT molecular complexity index is 390. The summed E-state index contributed by atoms with van der Waals surface area (Å²) in [4.78, 5) is 6.69. The maximum atomic E-state index is 12.4. The fraction of sp³-hybridized carbons (Fsp3) is 0.556. The van der Waals surface area contributed by atoms with Gasteiger partial charge in [-0.3, -0.25) is 0 Å². The minimum absolute atomic E-state index is 0.0325. The number of hydrogen-bond donors (Lipinski definition) is 2. The van der Waals surface area contributed by atoms with E-state index in [9.17, 15) is 13.2 Å². The van der Waals surface area contributed by atoms with Crippen molar-refractivity contribution in [3.05, 3.63) is 17.0 Å². The van der Waals surface area contributed by atoms with Crippen LogP contribution in [0.1, 0.15) is 5.69 Å². The molecule has 5 nitrogen and oxygen atoms in total. The lowest BCUT2D eigenvalue weighted by Crippen LogP contribution is -2.14. The van der Waals surface area contributed by atoms with Crippen molar-refractivity contribution in [1.29, 1.82) is 0 Å². The number of halogens is 4. The van der Waals surface area contributed by atoms with E-state index in [1.165, 1.54) is 0 Å². The quantitative estimate of drug-likeness (QED) is 0.613. The lowest BCUT2D eigenvalue weighted by Gasteiger charge is -2.09. The molecule has 1 rings (SSSR count). The molecule has 0 amide bonds. The number of nitrogens with one attached hydrogen (secondary N) is 1. The van der Waals surface area contributed by atoms with Crippen LogP contribution in [0.3, 0.4) is 0 Å². The first kappa shape index (κ1) is 14.9. The van der Waals surface area contributed by atoms with E-state index in [2.05, 4.69) is 15.3 Å². The van der Waals surface area contributed by atoms with Crippen molar-refractivity contribution in [2.45, 2.75) is 6.18 Å². The van der Waals surface area contributed by atoms with Gasteiger partial charge in [-0.1, -0.05) is 0 Å². The second kappa shape index (κ2) is 6.72. The summed E-state index contributed by atoms with van der Waals surface area (Å²) in [5.74, 6) is -0.0325. The van der Waals surface area contributed by atoms with Gasteiger partial charge < -0.3 is 15.2 Å². The summed E-state index contributed by atoms with van der Waals surface area (Å²) >= 11 is 5.39. The summed E-state index contributed by atoms with van der Waals surface area (Å²) in [6.07, 6.45) is -4.57. The molecule has 1 aromatic rings. The summed E-state index contributed by atoms with van der Waals surface area (Å²) in [5.41, 5.74) is -1.11. The van der Waals surface area contributed by atoms with Crippen molar-refractivity contribution in [2.75, 3.05) is 31.7 Å². The first-order valence-corrected chi connectivity index (χ1v) is 5.35. The molecule has 1 heterocycles. The Balaban J connectivity index is 2.58. The van der Waals surface area contributed by atoms with Crippen molar-refractivity contribution < 1.29 is 23.0 Å². The zero-order chi connectivity index (χ0) is 13.6. The normalized spacial score (nSPS) is 11.6. The van der Waals surface area contributed by atoms with Gasteiger partial charge in [0.25, 0.3) is 0 Å². The van der Waals surface area contributed by atoms with Crippen molar-refractivity contribution >= 4 is 17.4 Å². The number of nitrogens with zero attached hydrogens (tertiary/aromatic N) is 2. The van der Waals surface area contributed by atoms with Crippen molar-refractivity contribution in [2.24, 2.45) is 0 Å². The highest BCUT2D eigenvalue weighted by Crippen LogP contribution is 2.29. The van der Waals surface area contributed by atoms with E-state index in [-0.39, 0.29) is 32.2 Å². The molecule has 0 aliphatic carbocycles. The Kier molecular flexibility index (Phi) is 5.57. The predicted molar refractivity (Wildman–Crippen MR) is 58.4 cm³/mol. The smallest absolute Gasteiger partial charge is 0.394 e. The van der Waals surface area contributed by atoms with Crippen LogP contribution >= 0.6 is 11.6 Å². The van der Waals surface area contributed by atoms with E-state index in [4.69, 9.17) is 21.4 Å². The number of anilines is 1. The Hall–Kier alpha value is -1.12. The van der Waals surface area contributed by atoms with Gasteiger partial charge in [0.2, 0.25) is 5.28 Å². The molecule has 0 unspecified atom stereocenters. The molecule has 0 atom stereocenters. The third kappa shape index (κ3) is 5.03. The Labute approximate surface area is 106 Å². The van der Waals surface area contributed by atoms with Crippen LogP contribution < -0.4 is 5.32 Å². The molecule has 0 spiro atoms. The minimum atomic E-state index is -4.57. The molecule has 0 aliphatic heterocycles. The Morgan fingerprint density at radius 1 is 1.33 bits per heavy atom. The Morgan fingerprint density at radius 2 is 2.06 bits per heavy atom. The summed E-state index contributed by atoms with van der Waals surface area (Å²) in [6, 6.07) is 0.762. The van der Waals surface area contributed by atoms with Gasteiger partial charge >= 0.3 is 6.18 Å². The van der Waals surface area contributed by atoms with E-state index in [1.54, 1.807) is 0 Å². The highest BCUT2D eigenvalue weighted by molar-refractivity contribution is 6.28. The van der Waals surface area contributed by atoms with Crippen LogP contribution in [0.2, 0.25) is 5.28 Å². The molecule has 102 valence electrons. The van der Waals surface area contributed by atoms with Gasteiger partial charge in [0, 0.05) is 12.6 Å². The second-order valence-electron chi connectivity index (χ2n) is 3.17. The third-order valence-electron chi connectivity index (χ3n) is 1.78. The fourth-order valence-electron chi connectivity index (χ4n) is 1.07. The average Bonchev–Trinajstić information content (AvgIpc) is 2.27. The first-order chi connectivity index (χ1) is 8.43. The van der Waals surface area contributed by atoms with Gasteiger partial charge in [-0.25, -0.2) is 9.97 Å². The van der Waals surface area contributed by atoms with Crippen molar-refractivity contribution in [1.82, 2.24) is 9.97 Å². The number of hydrogen-bond acceptors (Lipinski definition) is 5. The predicted octanol–water partition coefficient (Wildman–Crippen LogP) is 1.57. The topological polar surface area (TPSA) is 67.3 Å². The SMILES string of the molecule is OCCOCCNc1cc(C(F)(F)F)nc(Cl)n1. The number of aromatic nitrogens is 2. The van der Waals surface area contributed by atoms with Crippen LogP contribution in [0, 0.1) is 0 Å². The summed E-state index contributed by atoms with van der Waals surface area (Å²) < 4.78 is 42.1. The molecular weight excluding hydrogens is 275 g/mol. The molecule has 0 aliphatic rings. The molecule has 0 bridgehead atoms. The maximum absolute atomic E-state index is 12.4. The molecule has 0 aromatic carbocycles. The summed E-state index contributed by atoms with van der Waals surface area (Å²) in [7, 11) is 0. The largest absolute Gasteiger partial charge is 0.433 e. The maximum Gasteiger partial charge on any atom is 0.433 e. The standard InChI is InChI=1S/C9H11ClF3N3O2/c10-8-15-6(9(11,12)13)5-7(16-8)14-1-3-18-4-2-17/h5,17H,1-4H2,(H,14,15,16). The van der Waals surface area contributed by atoms with E-state index in [0.717, 1.165) is 6.07 Å². The van der Waals surface area contributed by atoms with E-state index in [0.29, 0.717) is 0 Å². The monoisotopic (exact) mass is 285 g/mol. The molecule has 0 saturated carbocycles. The number of alkyl halides is 3. The van der Waals surface area contributed by atoms with Gasteiger partial charge in [-0.2, -0.15) is 13.2 Å². The van der Waals surface area contributed by atoms with Crippen LogP contribution in [0.5, 0.6) is 0 Å². The number of aliphatic hydroxyl groups excluding tert-OH is 1. The molecule has 0 radical (unpaired) electrons. The Morgan fingerprint density at radius 3 is 2.67 bits per heavy atom. The van der Waals surface area contributed by atoms with Crippen LogP contribution in [0.15, 0.2) is 6.07 Å². The molecule has 0 saturated heterocycles.